The van der Waals surface area contributed by atoms with E-state index in [1.54, 1.807) is 19.1 Å². The number of nitro benzene ring substituents is 1. The number of aryl methyl sites for hydroxylation is 1. The number of non-ortho nitro benzene ring substituents is 1. The van der Waals surface area contributed by atoms with Crippen molar-refractivity contribution in [1.29, 1.82) is 0 Å². The van der Waals surface area contributed by atoms with Gasteiger partial charge in [0.1, 0.15) is 0 Å². The number of hydrazone groups is 1. The van der Waals surface area contributed by atoms with Crippen molar-refractivity contribution in [2.45, 2.75) is 13.8 Å². The Labute approximate surface area is 207 Å². The average molecular weight is 485 g/mol. The van der Waals surface area contributed by atoms with Gasteiger partial charge in [-0.2, -0.15) is 5.10 Å². The van der Waals surface area contributed by atoms with Crippen molar-refractivity contribution in [2.24, 2.45) is 5.10 Å². The maximum absolute atomic E-state index is 12.6. The molecule has 0 radical (unpaired) electrons. The van der Waals surface area contributed by atoms with E-state index in [9.17, 15) is 20.0 Å². The van der Waals surface area contributed by atoms with Gasteiger partial charge in [-0.25, -0.2) is 5.43 Å². The average Bonchev–Trinajstić information content (AvgIpc) is 3.28. The topological polar surface area (TPSA) is 119 Å². The normalized spacial score (nSPS) is 10.9. The summed E-state index contributed by atoms with van der Waals surface area (Å²) in [6.07, 6.45) is 1.13. The summed E-state index contributed by atoms with van der Waals surface area (Å²) in [5.41, 5.74) is 6.61. The van der Waals surface area contributed by atoms with Crippen molar-refractivity contribution in [3.8, 4) is 28.4 Å². The second-order valence-electron chi connectivity index (χ2n) is 7.88. The van der Waals surface area contributed by atoms with Crippen LogP contribution in [0.25, 0.3) is 16.9 Å². The quantitative estimate of drug-likeness (QED) is 0.202. The van der Waals surface area contributed by atoms with E-state index in [4.69, 9.17) is 4.74 Å². The van der Waals surface area contributed by atoms with Crippen molar-refractivity contribution in [1.82, 2.24) is 9.99 Å². The Hall–Kier alpha value is -4.92. The number of hydrogen-bond donors (Lipinski definition) is 2. The molecule has 1 heterocycles. The van der Waals surface area contributed by atoms with Crippen LogP contribution in [-0.4, -0.2) is 33.3 Å². The summed E-state index contributed by atoms with van der Waals surface area (Å²) in [5, 5.41) is 25.3. The molecule has 9 nitrogen and oxygen atoms in total. The lowest BCUT2D eigenvalue weighted by atomic mass is 10.1. The van der Waals surface area contributed by atoms with Gasteiger partial charge in [-0.05, 0) is 55.8 Å². The van der Waals surface area contributed by atoms with E-state index in [2.05, 4.69) is 21.2 Å². The molecule has 0 saturated heterocycles. The minimum Gasteiger partial charge on any atom is -0.504 e. The van der Waals surface area contributed by atoms with E-state index in [-0.39, 0.29) is 29.4 Å². The van der Waals surface area contributed by atoms with Crippen LogP contribution >= 0.6 is 0 Å². The molecule has 2 N–H and O–H groups in total. The van der Waals surface area contributed by atoms with Crippen LogP contribution in [0.1, 0.15) is 28.5 Å². The lowest BCUT2D eigenvalue weighted by molar-refractivity contribution is -0.385. The fourth-order valence-electron chi connectivity index (χ4n) is 3.79. The van der Waals surface area contributed by atoms with E-state index in [1.807, 2.05) is 55.5 Å². The highest BCUT2D eigenvalue weighted by atomic mass is 16.6. The number of phenols is 1. The van der Waals surface area contributed by atoms with Crippen LogP contribution in [0, 0.1) is 17.0 Å². The molecule has 1 aromatic heterocycles. The van der Waals surface area contributed by atoms with E-state index < -0.39 is 10.8 Å². The summed E-state index contributed by atoms with van der Waals surface area (Å²) in [4.78, 5) is 23.2. The zero-order valence-corrected chi connectivity index (χ0v) is 19.7. The smallest absolute Gasteiger partial charge is 0.274 e. The molecule has 0 aliphatic rings. The molecule has 4 rings (SSSR count). The van der Waals surface area contributed by atoms with Crippen molar-refractivity contribution in [2.75, 3.05) is 6.61 Å². The minimum absolute atomic E-state index is 0.0368. The van der Waals surface area contributed by atoms with E-state index in [0.29, 0.717) is 5.56 Å². The molecule has 182 valence electrons. The molecule has 0 aliphatic carbocycles. The van der Waals surface area contributed by atoms with Crippen LogP contribution < -0.4 is 10.2 Å². The first-order chi connectivity index (χ1) is 17.4. The van der Waals surface area contributed by atoms with Gasteiger partial charge in [-0.3, -0.25) is 14.9 Å². The van der Waals surface area contributed by atoms with Gasteiger partial charge in [0, 0.05) is 28.6 Å². The van der Waals surface area contributed by atoms with Gasteiger partial charge in [0.05, 0.1) is 29.5 Å². The SMILES string of the molecule is CCOc1cc([N+](=O)[O-])cc(/C=N/NC(=O)c2ccc(-n3c(C)ccc3-c3ccccc3)cc2)c1O. The predicted molar refractivity (Wildman–Crippen MR) is 137 cm³/mol. The first-order valence-corrected chi connectivity index (χ1v) is 11.2. The molecule has 36 heavy (non-hydrogen) atoms. The molecule has 0 bridgehead atoms. The second-order valence-corrected chi connectivity index (χ2v) is 7.88. The maximum Gasteiger partial charge on any atom is 0.274 e. The third-order valence-electron chi connectivity index (χ3n) is 5.50. The van der Waals surface area contributed by atoms with Crippen molar-refractivity contribution < 1.29 is 19.6 Å². The summed E-state index contributed by atoms with van der Waals surface area (Å²) < 4.78 is 7.35. The Bertz CT molecular complexity index is 1430. The molecule has 0 unspecified atom stereocenters. The van der Waals surface area contributed by atoms with Crippen LogP contribution in [-0.2, 0) is 0 Å². The third-order valence-corrected chi connectivity index (χ3v) is 5.50. The molecule has 0 atom stereocenters. The van der Waals surface area contributed by atoms with Gasteiger partial charge in [0.15, 0.2) is 11.5 Å². The first kappa shape index (κ1) is 24.2. The lowest BCUT2D eigenvalue weighted by Gasteiger charge is -2.12. The molecule has 9 heteroatoms. The van der Waals surface area contributed by atoms with Crippen LogP contribution in [0.5, 0.6) is 11.5 Å². The molecule has 0 fully saturated rings. The Morgan fingerprint density at radius 1 is 1.11 bits per heavy atom. The van der Waals surface area contributed by atoms with Gasteiger partial charge in [-0.1, -0.05) is 30.3 Å². The zero-order valence-electron chi connectivity index (χ0n) is 19.7. The van der Waals surface area contributed by atoms with Gasteiger partial charge in [-0.15, -0.1) is 0 Å². The highest BCUT2D eigenvalue weighted by molar-refractivity contribution is 5.95. The monoisotopic (exact) mass is 484 g/mol. The molecule has 0 spiro atoms. The van der Waals surface area contributed by atoms with Gasteiger partial charge in [0.25, 0.3) is 11.6 Å². The van der Waals surface area contributed by atoms with Crippen LogP contribution in [0.2, 0.25) is 0 Å². The van der Waals surface area contributed by atoms with Crippen LogP contribution in [0.15, 0.2) is 84.0 Å². The number of nitro groups is 1. The fourth-order valence-corrected chi connectivity index (χ4v) is 3.79. The first-order valence-electron chi connectivity index (χ1n) is 11.2. The van der Waals surface area contributed by atoms with Gasteiger partial charge >= 0.3 is 0 Å². The number of benzene rings is 3. The van der Waals surface area contributed by atoms with Crippen molar-refractivity contribution in [3.63, 3.8) is 0 Å². The van der Waals surface area contributed by atoms with Crippen LogP contribution in [0.4, 0.5) is 5.69 Å². The number of phenolic OH excluding ortho intramolecular Hbond substituents is 1. The van der Waals surface area contributed by atoms with Gasteiger partial charge < -0.3 is 14.4 Å². The minimum atomic E-state index is -0.602. The second kappa shape index (κ2) is 10.6. The summed E-state index contributed by atoms with van der Waals surface area (Å²) in [7, 11) is 0. The molecular weight excluding hydrogens is 460 g/mol. The molecular formula is C27H24N4O5. The molecule has 0 saturated carbocycles. The molecule has 4 aromatic rings. The van der Waals surface area contributed by atoms with Gasteiger partial charge in [0.2, 0.25) is 0 Å². The summed E-state index contributed by atoms with van der Waals surface area (Å²) >= 11 is 0. The Balaban J connectivity index is 1.52. The summed E-state index contributed by atoms with van der Waals surface area (Å²) in [5.74, 6) is -0.813. The maximum atomic E-state index is 12.6. The van der Waals surface area contributed by atoms with E-state index in [1.165, 1.54) is 0 Å². The summed E-state index contributed by atoms with van der Waals surface area (Å²) in [6, 6.07) is 23.5. The summed E-state index contributed by atoms with van der Waals surface area (Å²) in [6.45, 7) is 3.92. The third kappa shape index (κ3) is 5.10. The molecule has 3 aromatic carbocycles. The number of rotatable bonds is 8. The highest BCUT2D eigenvalue weighted by Crippen LogP contribution is 2.34. The number of carbonyl (C=O) groups is 1. The lowest BCUT2D eigenvalue weighted by Crippen LogP contribution is -2.17. The van der Waals surface area contributed by atoms with E-state index >= 15 is 0 Å². The highest BCUT2D eigenvalue weighted by Gasteiger charge is 2.16. The Kier molecular flexibility index (Phi) is 7.10. The number of hydrogen-bond acceptors (Lipinski definition) is 6. The Morgan fingerprint density at radius 3 is 2.50 bits per heavy atom. The van der Waals surface area contributed by atoms with Crippen molar-refractivity contribution >= 4 is 17.8 Å². The Morgan fingerprint density at radius 2 is 1.83 bits per heavy atom. The van der Waals surface area contributed by atoms with Crippen LogP contribution in [0.3, 0.4) is 0 Å². The fraction of sp³-hybridized carbons (Fsp3) is 0.111. The number of aromatic nitrogens is 1. The predicted octanol–water partition coefficient (Wildman–Crippen LogP) is 5.23. The number of nitrogens with zero attached hydrogens (tertiary/aromatic N) is 3. The zero-order chi connectivity index (χ0) is 25.7. The van der Waals surface area contributed by atoms with Crippen molar-refractivity contribution in [3.05, 3.63) is 106 Å². The number of nitrogens with one attached hydrogen (secondary N) is 1. The molecule has 1 amide bonds. The number of ether oxygens (including phenoxy) is 1. The number of amides is 1. The standard InChI is InChI=1S/C27H24N4O5/c1-3-36-25-16-23(31(34)35)15-21(26(25)32)17-28-29-27(33)20-10-12-22(13-11-20)30-18(2)9-14-24(30)19-7-5-4-6-8-19/h4-17,32H,3H2,1-2H3,(H,29,33)/b28-17+. The largest absolute Gasteiger partial charge is 0.504 e. The number of carbonyl (C=O) groups excluding carboxylic acids is 1. The number of aromatic hydroxyl groups is 1. The van der Waals surface area contributed by atoms with E-state index in [0.717, 1.165) is 41.0 Å². The molecule has 0 aliphatic heterocycles.